The van der Waals surface area contributed by atoms with Crippen LogP contribution in [-0.4, -0.2) is 28.6 Å². The van der Waals surface area contributed by atoms with E-state index < -0.39 is 17.4 Å². The van der Waals surface area contributed by atoms with Crippen LogP contribution in [0.5, 0.6) is 5.75 Å². The monoisotopic (exact) mass is 276 g/mol. The molecule has 0 bridgehead atoms. The van der Waals surface area contributed by atoms with Crippen LogP contribution in [0.15, 0.2) is 18.2 Å². The molecule has 1 aromatic carbocycles. The van der Waals surface area contributed by atoms with Crippen molar-refractivity contribution in [2.45, 2.75) is 31.3 Å². The number of carboxylic acid groups (broad SMARTS) is 1. The van der Waals surface area contributed by atoms with Crippen molar-refractivity contribution in [1.29, 1.82) is 0 Å². The Morgan fingerprint density at radius 3 is 2.70 bits per heavy atom. The molecule has 1 aliphatic carbocycles. The number of fused-ring (bicyclic) bond motifs is 1. The molecule has 0 saturated heterocycles. The number of carbonyl (C=O) groups is 2. The first-order valence-electron chi connectivity index (χ1n) is 6.71. The molecule has 2 atom stereocenters. The molecule has 1 heterocycles. The van der Waals surface area contributed by atoms with Gasteiger partial charge in [-0.1, -0.05) is 25.1 Å². The quantitative estimate of drug-likeness (QED) is 0.813. The van der Waals surface area contributed by atoms with Crippen LogP contribution in [0.1, 0.15) is 36.8 Å². The average Bonchev–Trinajstić information content (AvgIpc) is 3.22. The van der Waals surface area contributed by atoms with Crippen molar-refractivity contribution < 1.29 is 24.5 Å². The number of carbonyl (C=O) groups excluding carboxylic acids is 1. The van der Waals surface area contributed by atoms with Gasteiger partial charge in [0.1, 0.15) is 12.4 Å². The minimum Gasteiger partial charge on any atom is -0.489 e. The van der Waals surface area contributed by atoms with Crippen LogP contribution in [0.2, 0.25) is 0 Å². The second kappa shape index (κ2) is 4.31. The number of benzene rings is 1. The Balaban J connectivity index is 2.04. The van der Waals surface area contributed by atoms with Gasteiger partial charge in [0.15, 0.2) is 5.60 Å². The molecule has 5 heteroatoms. The van der Waals surface area contributed by atoms with Crippen molar-refractivity contribution >= 4 is 11.8 Å². The molecule has 106 valence electrons. The zero-order chi connectivity index (χ0) is 14.5. The molecule has 0 aromatic heterocycles. The summed E-state index contributed by atoms with van der Waals surface area (Å²) >= 11 is 0. The van der Waals surface area contributed by atoms with E-state index in [9.17, 15) is 14.7 Å². The van der Waals surface area contributed by atoms with Gasteiger partial charge in [-0.25, -0.2) is 4.79 Å². The van der Waals surface area contributed by atoms with Crippen LogP contribution in [0, 0.1) is 5.92 Å². The summed E-state index contributed by atoms with van der Waals surface area (Å²) < 4.78 is 5.48. The maximum Gasteiger partial charge on any atom is 0.375 e. The third-order valence-electron chi connectivity index (χ3n) is 4.31. The Kier molecular flexibility index (Phi) is 2.83. The highest BCUT2D eigenvalue weighted by molar-refractivity contribution is 6.36. The number of carboxylic acids is 1. The van der Waals surface area contributed by atoms with Crippen molar-refractivity contribution in [2.24, 2.45) is 5.92 Å². The molecular formula is C15H16O5. The van der Waals surface area contributed by atoms with Gasteiger partial charge in [-0.2, -0.15) is 0 Å². The van der Waals surface area contributed by atoms with Crippen LogP contribution < -0.4 is 4.74 Å². The Bertz CT molecular complexity index is 590. The molecule has 2 aliphatic rings. The van der Waals surface area contributed by atoms with E-state index in [1.165, 1.54) is 12.8 Å². The fraction of sp³-hybridized carbons (Fsp3) is 0.467. The molecule has 1 aromatic rings. The van der Waals surface area contributed by atoms with Crippen LogP contribution in [-0.2, 0) is 15.2 Å². The lowest BCUT2D eigenvalue weighted by Crippen LogP contribution is -2.41. The van der Waals surface area contributed by atoms with Gasteiger partial charge in [0, 0.05) is 5.56 Å². The van der Waals surface area contributed by atoms with E-state index in [-0.39, 0.29) is 18.1 Å². The Morgan fingerprint density at radius 1 is 1.40 bits per heavy atom. The van der Waals surface area contributed by atoms with Gasteiger partial charge >= 0.3 is 5.97 Å². The summed E-state index contributed by atoms with van der Waals surface area (Å²) in [6.45, 7) is 1.76. The van der Waals surface area contributed by atoms with E-state index in [1.807, 2.05) is 6.07 Å². The van der Waals surface area contributed by atoms with Crippen LogP contribution in [0.25, 0.3) is 0 Å². The summed E-state index contributed by atoms with van der Waals surface area (Å²) in [6.07, 6.45) is 2.34. The highest BCUT2D eigenvalue weighted by Gasteiger charge is 2.50. The van der Waals surface area contributed by atoms with Gasteiger partial charge < -0.3 is 14.9 Å². The Hall–Kier alpha value is -1.88. The highest BCUT2D eigenvalue weighted by atomic mass is 16.5. The number of aliphatic hydroxyl groups is 1. The van der Waals surface area contributed by atoms with Crippen molar-refractivity contribution in [3.63, 3.8) is 0 Å². The second-order valence-electron chi connectivity index (χ2n) is 5.63. The lowest BCUT2D eigenvalue weighted by molar-refractivity contribution is -0.160. The van der Waals surface area contributed by atoms with E-state index in [4.69, 9.17) is 9.84 Å². The number of para-hydroxylation sites is 1. The summed E-state index contributed by atoms with van der Waals surface area (Å²) in [5.41, 5.74) is -0.852. The molecule has 1 fully saturated rings. The van der Waals surface area contributed by atoms with Crippen LogP contribution >= 0.6 is 0 Å². The van der Waals surface area contributed by atoms with E-state index in [1.54, 1.807) is 12.1 Å². The number of hydrogen-bond acceptors (Lipinski definition) is 4. The predicted octanol–water partition coefficient (Wildman–Crippen LogP) is 1.43. The maximum absolute atomic E-state index is 11.7. The summed E-state index contributed by atoms with van der Waals surface area (Å²) in [7, 11) is 0. The number of ketones is 1. The molecule has 0 amide bonds. The molecular weight excluding hydrogens is 260 g/mol. The maximum atomic E-state index is 11.7. The Labute approximate surface area is 116 Å². The topological polar surface area (TPSA) is 83.8 Å². The second-order valence-corrected chi connectivity index (χ2v) is 5.63. The van der Waals surface area contributed by atoms with Gasteiger partial charge in [-0.3, -0.25) is 4.79 Å². The SMILES string of the molecule is CC(c1cccc2c1OCC2(O)C(=O)C(=O)O)C1CC1. The number of ether oxygens (including phenoxy) is 1. The fourth-order valence-electron chi connectivity index (χ4n) is 2.87. The molecule has 5 nitrogen and oxygen atoms in total. The first-order valence-corrected chi connectivity index (χ1v) is 6.71. The van der Waals surface area contributed by atoms with Crippen molar-refractivity contribution in [2.75, 3.05) is 6.61 Å². The average molecular weight is 276 g/mol. The fourth-order valence-corrected chi connectivity index (χ4v) is 2.87. The van der Waals surface area contributed by atoms with E-state index in [0.29, 0.717) is 11.7 Å². The number of Topliss-reactive ketones (excluding diaryl/α,β-unsaturated/α-hetero) is 1. The lowest BCUT2D eigenvalue weighted by Gasteiger charge is -2.18. The standard InChI is InChI=1S/C15H16O5/c1-8(9-5-6-9)10-3-2-4-11-12(10)20-7-15(11,19)13(16)14(17)18/h2-4,8-9,19H,5-7H2,1H3,(H,17,18). The molecule has 2 unspecified atom stereocenters. The normalized spacial score (nSPS) is 25.7. The highest BCUT2D eigenvalue weighted by Crippen LogP contribution is 2.49. The van der Waals surface area contributed by atoms with E-state index in [0.717, 1.165) is 5.56 Å². The predicted molar refractivity (Wildman–Crippen MR) is 69.6 cm³/mol. The van der Waals surface area contributed by atoms with Crippen molar-refractivity contribution in [3.05, 3.63) is 29.3 Å². The van der Waals surface area contributed by atoms with Crippen molar-refractivity contribution in [3.8, 4) is 5.75 Å². The molecule has 2 N–H and O–H groups in total. The summed E-state index contributed by atoms with van der Waals surface area (Å²) in [5, 5.41) is 19.2. The van der Waals surface area contributed by atoms with E-state index in [2.05, 4.69) is 6.92 Å². The van der Waals surface area contributed by atoms with Gasteiger partial charge in [-0.05, 0) is 30.2 Å². The molecule has 1 saturated carbocycles. The van der Waals surface area contributed by atoms with Crippen molar-refractivity contribution in [1.82, 2.24) is 0 Å². The minimum absolute atomic E-state index is 0.273. The molecule has 20 heavy (non-hydrogen) atoms. The summed E-state index contributed by atoms with van der Waals surface area (Å²) in [5.74, 6) is -1.53. The smallest absolute Gasteiger partial charge is 0.375 e. The minimum atomic E-state index is -2.07. The molecule has 3 rings (SSSR count). The van der Waals surface area contributed by atoms with Crippen LogP contribution in [0.3, 0.4) is 0 Å². The zero-order valence-corrected chi connectivity index (χ0v) is 11.1. The number of hydrogen-bond donors (Lipinski definition) is 2. The van der Waals surface area contributed by atoms with Gasteiger partial charge in [0.2, 0.25) is 0 Å². The summed E-state index contributed by atoms with van der Waals surface area (Å²) in [6, 6.07) is 5.22. The zero-order valence-electron chi connectivity index (χ0n) is 11.1. The molecule has 0 radical (unpaired) electrons. The third kappa shape index (κ3) is 1.81. The lowest BCUT2D eigenvalue weighted by atomic mass is 9.87. The molecule has 0 spiro atoms. The van der Waals surface area contributed by atoms with Gasteiger partial charge in [0.05, 0.1) is 0 Å². The third-order valence-corrected chi connectivity index (χ3v) is 4.31. The van der Waals surface area contributed by atoms with Crippen LogP contribution in [0.4, 0.5) is 0 Å². The first-order chi connectivity index (χ1) is 9.45. The largest absolute Gasteiger partial charge is 0.489 e. The Morgan fingerprint density at radius 2 is 2.10 bits per heavy atom. The van der Waals surface area contributed by atoms with E-state index >= 15 is 0 Å². The first kappa shape index (κ1) is 13.1. The summed E-state index contributed by atoms with van der Waals surface area (Å²) in [4.78, 5) is 22.6. The number of aliphatic carboxylic acids is 1. The molecule has 1 aliphatic heterocycles. The number of rotatable bonds is 4. The van der Waals surface area contributed by atoms with Gasteiger partial charge in [0.25, 0.3) is 5.78 Å². The van der Waals surface area contributed by atoms with Gasteiger partial charge in [-0.15, -0.1) is 0 Å².